The summed E-state index contributed by atoms with van der Waals surface area (Å²) in [6.45, 7) is 7.98. The normalized spacial score (nSPS) is 13.0. The lowest BCUT2D eigenvalue weighted by Crippen LogP contribution is -2.58. The molecular formula is C8H21NO3Si. The van der Waals surface area contributed by atoms with Crippen LogP contribution >= 0.6 is 0 Å². The van der Waals surface area contributed by atoms with E-state index in [1.165, 1.54) is 0 Å². The Morgan fingerprint density at radius 3 is 1.54 bits per heavy atom. The fourth-order valence-electron chi connectivity index (χ4n) is 0.954. The lowest BCUT2D eigenvalue weighted by Gasteiger charge is -2.28. The van der Waals surface area contributed by atoms with Crippen LogP contribution in [0.4, 0.5) is 0 Å². The third kappa shape index (κ3) is 4.01. The summed E-state index contributed by atoms with van der Waals surface area (Å²) >= 11 is 0. The van der Waals surface area contributed by atoms with Crippen LogP contribution in [-0.4, -0.2) is 35.8 Å². The van der Waals surface area contributed by atoms with Gasteiger partial charge in [-0.25, -0.2) is 0 Å². The highest BCUT2D eigenvalue weighted by atomic mass is 28.4. The first-order valence-electron chi connectivity index (χ1n) is 4.07. The monoisotopic (exact) mass is 207 g/mol. The number of hydrogen-bond donors (Lipinski definition) is 1. The number of nitrogens with two attached hydrogens (primary N) is 1. The minimum Gasteiger partial charge on any atom is -0.376 e. The van der Waals surface area contributed by atoms with E-state index in [4.69, 9.17) is 19.0 Å². The average molecular weight is 207 g/mol. The van der Waals surface area contributed by atoms with Crippen molar-refractivity contribution in [1.29, 1.82) is 0 Å². The van der Waals surface area contributed by atoms with E-state index in [0.717, 1.165) is 6.42 Å². The van der Waals surface area contributed by atoms with Crippen molar-refractivity contribution >= 4 is 8.80 Å². The van der Waals surface area contributed by atoms with E-state index in [-0.39, 0.29) is 5.67 Å². The van der Waals surface area contributed by atoms with Crippen molar-refractivity contribution < 1.29 is 13.3 Å². The van der Waals surface area contributed by atoms with Gasteiger partial charge >= 0.3 is 8.80 Å². The van der Waals surface area contributed by atoms with Gasteiger partial charge in [0.25, 0.3) is 0 Å². The summed E-state index contributed by atoms with van der Waals surface area (Å²) in [7, 11) is 2.15. The molecular weight excluding hydrogens is 186 g/mol. The Bertz CT molecular complexity index is 112. The van der Waals surface area contributed by atoms with Crippen LogP contribution in [0.2, 0.25) is 0 Å². The van der Waals surface area contributed by atoms with Crippen LogP contribution in [0.1, 0.15) is 13.3 Å². The summed E-state index contributed by atoms with van der Waals surface area (Å²) < 4.78 is 15.5. The van der Waals surface area contributed by atoms with Gasteiger partial charge in [-0.2, -0.15) is 0 Å². The van der Waals surface area contributed by atoms with Gasteiger partial charge in [0.15, 0.2) is 0 Å². The molecule has 2 N–H and O–H groups in total. The molecule has 0 aromatic heterocycles. The standard InChI is InChI=1S/C6H17NO3Si.C2H4/c1-5-6(7)11(8-2,9-3)10-4;1-2/h6H,5,7H2,1-4H3;1-2H2. The molecule has 5 heteroatoms. The Labute approximate surface area is 82.0 Å². The molecule has 0 saturated carbocycles. The second kappa shape index (κ2) is 8.40. The third-order valence-corrected chi connectivity index (χ3v) is 4.77. The summed E-state index contributed by atoms with van der Waals surface area (Å²) in [5.74, 6) is 0. The molecule has 1 unspecified atom stereocenters. The smallest absolute Gasteiger partial charge is 0.376 e. The molecule has 0 aromatic rings. The Morgan fingerprint density at radius 2 is 1.46 bits per heavy atom. The number of rotatable bonds is 5. The second-order valence-corrected chi connectivity index (χ2v) is 5.40. The molecule has 4 nitrogen and oxygen atoms in total. The molecule has 0 amide bonds. The molecule has 80 valence electrons. The lowest BCUT2D eigenvalue weighted by atomic mass is 10.5. The first kappa shape index (κ1) is 15.3. The predicted molar refractivity (Wildman–Crippen MR) is 56.3 cm³/mol. The van der Waals surface area contributed by atoms with Gasteiger partial charge in [0.1, 0.15) is 0 Å². The Hall–Kier alpha value is -0.203. The topological polar surface area (TPSA) is 53.7 Å². The first-order valence-corrected chi connectivity index (χ1v) is 5.88. The molecule has 0 bridgehead atoms. The molecule has 0 aliphatic heterocycles. The van der Waals surface area contributed by atoms with Crippen LogP contribution < -0.4 is 5.73 Å². The van der Waals surface area contributed by atoms with Gasteiger partial charge < -0.3 is 19.0 Å². The van der Waals surface area contributed by atoms with E-state index < -0.39 is 8.80 Å². The molecule has 13 heavy (non-hydrogen) atoms. The van der Waals surface area contributed by atoms with Crippen molar-refractivity contribution in [2.45, 2.75) is 19.0 Å². The maximum absolute atomic E-state index is 5.77. The van der Waals surface area contributed by atoms with Crippen LogP contribution in [0, 0.1) is 0 Å². The highest BCUT2D eigenvalue weighted by Crippen LogP contribution is 2.11. The van der Waals surface area contributed by atoms with E-state index in [2.05, 4.69) is 13.2 Å². The highest BCUT2D eigenvalue weighted by molar-refractivity contribution is 6.62. The fraction of sp³-hybridized carbons (Fsp3) is 0.750. The van der Waals surface area contributed by atoms with E-state index in [0.29, 0.717) is 0 Å². The van der Waals surface area contributed by atoms with Gasteiger partial charge in [-0.05, 0) is 6.42 Å². The van der Waals surface area contributed by atoms with Crippen LogP contribution in [0.15, 0.2) is 13.2 Å². The van der Waals surface area contributed by atoms with Crippen LogP contribution in [0.25, 0.3) is 0 Å². The van der Waals surface area contributed by atoms with Gasteiger partial charge in [-0.1, -0.05) is 6.92 Å². The average Bonchev–Trinajstić information content (AvgIpc) is 2.24. The molecule has 1 atom stereocenters. The molecule has 0 rings (SSSR count). The van der Waals surface area contributed by atoms with Crippen molar-refractivity contribution in [3.8, 4) is 0 Å². The van der Waals surface area contributed by atoms with Gasteiger partial charge in [0.05, 0.1) is 5.67 Å². The summed E-state index contributed by atoms with van der Waals surface area (Å²) in [6.07, 6.45) is 0.793. The first-order chi connectivity index (χ1) is 6.16. The quantitative estimate of drug-likeness (QED) is 0.538. The van der Waals surface area contributed by atoms with Crippen molar-refractivity contribution in [2.75, 3.05) is 21.3 Å². The number of hydrogen-bond acceptors (Lipinski definition) is 4. The Balaban J connectivity index is 0. The summed E-state index contributed by atoms with van der Waals surface area (Å²) in [6, 6.07) is 0. The molecule has 0 radical (unpaired) electrons. The van der Waals surface area contributed by atoms with Crippen LogP contribution in [0.5, 0.6) is 0 Å². The summed E-state index contributed by atoms with van der Waals surface area (Å²) in [5.41, 5.74) is 5.63. The van der Waals surface area contributed by atoms with Crippen molar-refractivity contribution in [1.82, 2.24) is 0 Å². The van der Waals surface area contributed by atoms with Gasteiger partial charge in [0, 0.05) is 21.3 Å². The van der Waals surface area contributed by atoms with Crippen LogP contribution in [-0.2, 0) is 13.3 Å². The van der Waals surface area contributed by atoms with Crippen molar-refractivity contribution in [3.05, 3.63) is 13.2 Å². The lowest BCUT2D eigenvalue weighted by molar-refractivity contribution is 0.112. The maximum Gasteiger partial charge on any atom is 0.517 e. The highest BCUT2D eigenvalue weighted by Gasteiger charge is 2.44. The van der Waals surface area contributed by atoms with E-state index in [1.54, 1.807) is 21.3 Å². The molecule has 0 fully saturated rings. The van der Waals surface area contributed by atoms with Gasteiger partial charge in [0.2, 0.25) is 0 Å². The zero-order valence-corrected chi connectivity index (χ0v) is 10.0. The zero-order chi connectivity index (χ0) is 10.9. The fourth-order valence-corrected chi connectivity index (χ4v) is 2.86. The van der Waals surface area contributed by atoms with Crippen molar-refractivity contribution in [2.24, 2.45) is 5.73 Å². The van der Waals surface area contributed by atoms with Crippen LogP contribution in [0.3, 0.4) is 0 Å². The Morgan fingerprint density at radius 1 is 1.15 bits per heavy atom. The van der Waals surface area contributed by atoms with E-state index in [9.17, 15) is 0 Å². The molecule has 0 aliphatic carbocycles. The molecule has 0 aromatic carbocycles. The van der Waals surface area contributed by atoms with Gasteiger partial charge in [-0.15, -0.1) is 13.2 Å². The van der Waals surface area contributed by atoms with E-state index >= 15 is 0 Å². The van der Waals surface area contributed by atoms with E-state index in [1.807, 2.05) is 6.92 Å². The second-order valence-electron chi connectivity index (χ2n) is 2.23. The van der Waals surface area contributed by atoms with Gasteiger partial charge in [-0.3, -0.25) is 0 Å². The zero-order valence-electron chi connectivity index (χ0n) is 9.00. The minimum atomic E-state index is -2.54. The SMILES string of the molecule is C=C.CCC(N)[Si](OC)(OC)OC. The maximum atomic E-state index is 5.77. The van der Waals surface area contributed by atoms with Crippen molar-refractivity contribution in [3.63, 3.8) is 0 Å². The summed E-state index contributed by atoms with van der Waals surface area (Å²) in [4.78, 5) is 0. The largest absolute Gasteiger partial charge is 0.517 e. The predicted octanol–water partition coefficient (Wildman–Crippen LogP) is 0.943. The third-order valence-electron chi connectivity index (χ3n) is 1.75. The minimum absolute atomic E-state index is 0.137. The molecule has 0 saturated heterocycles. The molecule has 0 spiro atoms. The Kier molecular flexibility index (Phi) is 9.87. The summed E-state index contributed by atoms with van der Waals surface area (Å²) in [5, 5.41) is 0. The molecule has 0 aliphatic rings. The molecule has 0 heterocycles.